The Morgan fingerprint density at radius 1 is 1.41 bits per heavy atom. The van der Waals surface area contributed by atoms with Crippen LogP contribution in [0.4, 0.5) is 0 Å². The molecule has 0 atom stereocenters. The molecule has 0 aliphatic carbocycles. The molecule has 0 bridgehead atoms. The second kappa shape index (κ2) is 5.42. The summed E-state index contributed by atoms with van der Waals surface area (Å²) < 4.78 is 2.20. The van der Waals surface area contributed by atoms with Gasteiger partial charge in [0.2, 0.25) is 0 Å². The highest BCUT2D eigenvalue weighted by Gasteiger charge is 2.14. The maximum Gasteiger partial charge on any atom is 0.194 e. The van der Waals surface area contributed by atoms with Gasteiger partial charge >= 0.3 is 0 Å². The molecule has 0 saturated heterocycles. The van der Waals surface area contributed by atoms with Gasteiger partial charge in [-0.25, -0.2) is 4.98 Å². The van der Waals surface area contributed by atoms with Gasteiger partial charge in [-0.05, 0) is 0 Å². The molecule has 5 heteroatoms. The van der Waals surface area contributed by atoms with Gasteiger partial charge in [0.15, 0.2) is 4.96 Å². The maximum absolute atomic E-state index is 4.70. The van der Waals surface area contributed by atoms with E-state index in [-0.39, 0.29) is 0 Å². The summed E-state index contributed by atoms with van der Waals surface area (Å²) in [4.78, 5) is 5.79. The van der Waals surface area contributed by atoms with Crippen molar-refractivity contribution in [2.24, 2.45) is 0 Å². The highest BCUT2D eigenvalue weighted by molar-refractivity contribution is 7.99. The molecule has 0 amide bonds. The van der Waals surface area contributed by atoms with E-state index in [1.165, 1.54) is 10.7 Å². The first-order chi connectivity index (χ1) is 8.08. The van der Waals surface area contributed by atoms with E-state index in [1.807, 2.05) is 11.8 Å². The third-order valence-electron chi connectivity index (χ3n) is 2.35. The van der Waals surface area contributed by atoms with E-state index in [9.17, 15) is 0 Å². The van der Waals surface area contributed by atoms with E-state index in [0.717, 1.165) is 11.5 Å². The molecule has 0 aliphatic heterocycles. The topological polar surface area (TPSA) is 29.3 Å². The lowest BCUT2D eigenvalue weighted by Crippen LogP contribution is -2.22. The number of nitrogens with zero attached hydrogens (tertiary/aromatic N) is 2. The molecule has 17 heavy (non-hydrogen) atoms. The molecule has 1 N–H and O–H groups in total. The molecule has 94 valence electrons. The number of thiazole rings is 1. The molecule has 2 aromatic rings. The van der Waals surface area contributed by atoms with Crippen LogP contribution in [0.25, 0.3) is 4.96 Å². The van der Waals surface area contributed by atoms with Crippen LogP contribution >= 0.6 is 23.1 Å². The molecule has 0 radical (unpaired) electrons. The van der Waals surface area contributed by atoms with E-state index in [1.54, 1.807) is 11.3 Å². The van der Waals surface area contributed by atoms with Crippen LogP contribution in [0.1, 0.15) is 33.4 Å². The summed E-state index contributed by atoms with van der Waals surface area (Å²) >= 11 is 3.54. The van der Waals surface area contributed by atoms with Gasteiger partial charge in [0, 0.05) is 29.4 Å². The number of nitrogens with one attached hydrogen (secondary N) is 1. The van der Waals surface area contributed by atoms with E-state index in [2.05, 4.69) is 49.0 Å². The van der Waals surface area contributed by atoms with Gasteiger partial charge in [-0.2, -0.15) is 0 Å². The molecule has 0 unspecified atom stereocenters. The molecular weight excluding hydrogens is 250 g/mol. The summed E-state index contributed by atoms with van der Waals surface area (Å²) in [7, 11) is 0. The number of rotatable bonds is 5. The minimum atomic E-state index is 0.496. The van der Waals surface area contributed by atoms with Crippen molar-refractivity contribution in [3.63, 3.8) is 0 Å². The van der Waals surface area contributed by atoms with Crippen molar-refractivity contribution < 1.29 is 0 Å². The normalized spacial score (nSPS) is 12.1. The number of aromatic nitrogens is 2. The smallest absolute Gasteiger partial charge is 0.194 e. The molecule has 2 heterocycles. The number of hydrogen-bond acceptors (Lipinski definition) is 4. The Labute approximate surface area is 111 Å². The molecule has 0 aliphatic rings. The van der Waals surface area contributed by atoms with Gasteiger partial charge in [0.1, 0.15) is 5.03 Å². The van der Waals surface area contributed by atoms with Crippen molar-refractivity contribution in [1.29, 1.82) is 0 Å². The van der Waals surface area contributed by atoms with Gasteiger partial charge in [0.25, 0.3) is 0 Å². The zero-order chi connectivity index (χ0) is 12.4. The zero-order valence-electron chi connectivity index (χ0n) is 10.7. The second-order valence-corrected chi connectivity index (χ2v) is 7.06. The quantitative estimate of drug-likeness (QED) is 0.844. The second-order valence-electron chi connectivity index (χ2n) is 4.62. The Hall–Kier alpha value is -0.520. The van der Waals surface area contributed by atoms with Crippen molar-refractivity contribution in [3.05, 3.63) is 17.3 Å². The van der Waals surface area contributed by atoms with Crippen molar-refractivity contribution >= 4 is 28.1 Å². The predicted octanol–water partition coefficient (Wildman–Crippen LogP) is 3.39. The Bertz CT molecular complexity index is 485. The zero-order valence-corrected chi connectivity index (χ0v) is 12.4. The van der Waals surface area contributed by atoms with Gasteiger partial charge in [0.05, 0.1) is 5.69 Å². The first-order valence-corrected chi connectivity index (χ1v) is 7.68. The van der Waals surface area contributed by atoms with Crippen LogP contribution in [0, 0.1) is 0 Å². The monoisotopic (exact) mass is 269 g/mol. The van der Waals surface area contributed by atoms with Crippen LogP contribution in [0.5, 0.6) is 0 Å². The van der Waals surface area contributed by atoms with E-state index in [4.69, 9.17) is 4.98 Å². The lowest BCUT2D eigenvalue weighted by atomic mass is 10.3. The van der Waals surface area contributed by atoms with E-state index < -0.39 is 0 Å². The number of hydrogen-bond donors (Lipinski definition) is 1. The molecule has 0 saturated carbocycles. The minimum absolute atomic E-state index is 0.496. The largest absolute Gasteiger partial charge is 0.309 e. The Kier molecular flexibility index (Phi) is 4.12. The molecule has 0 fully saturated rings. The fourth-order valence-corrected chi connectivity index (χ4v) is 3.27. The third kappa shape index (κ3) is 3.03. The molecule has 3 nitrogen and oxygen atoms in total. The molecule has 0 spiro atoms. The summed E-state index contributed by atoms with van der Waals surface area (Å²) in [5.41, 5.74) is 1.29. The summed E-state index contributed by atoms with van der Waals surface area (Å²) in [6.45, 7) is 9.63. The standard InChI is InChI=1S/C12H19N3S2/c1-8(2)13-7-10-11(17-9(3)4)14-12-15(10)5-6-16-12/h5-6,8-9,13H,7H2,1-4H3. The minimum Gasteiger partial charge on any atom is -0.309 e. The highest BCUT2D eigenvalue weighted by Crippen LogP contribution is 2.28. The number of fused-ring (bicyclic) bond motifs is 1. The Morgan fingerprint density at radius 3 is 2.82 bits per heavy atom. The first kappa shape index (κ1) is 12.9. The summed E-state index contributed by atoms with van der Waals surface area (Å²) in [6.07, 6.45) is 2.11. The average Bonchev–Trinajstić information content (AvgIpc) is 2.74. The van der Waals surface area contributed by atoms with Crippen molar-refractivity contribution in [3.8, 4) is 0 Å². The van der Waals surface area contributed by atoms with Gasteiger partial charge in [-0.3, -0.25) is 4.40 Å². The summed E-state index contributed by atoms with van der Waals surface area (Å²) in [6, 6.07) is 0.496. The molecular formula is C12H19N3S2. The van der Waals surface area contributed by atoms with Crippen LogP contribution in [0.3, 0.4) is 0 Å². The molecule has 2 rings (SSSR count). The van der Waals surface area contributed by atoms with Crippen molar-refractivity contribution in [2.75, 3.05) is 0 Å². The fourth-order valence-electron chi connectivity index (χ4n) is 1.59. The Morgan fingerprint density at radius 2 is 2.18 bits per heavy atom. The lowest BCUT2D eigenvalue weighted by molar-refractivity contribution is 0.574. The maximum atomic E-state index is 4.70. The van der Waals surface area contributed by atoms with Gasteiger partial charge < -0.3 is 5.32 Å². The van der Waals surface area contributed by atoms with Crippen molar-refractivity contribution in [1.82, 2.24) is 14.7 Å². The third-order valence-corrected chi connectivity index (χ3v) is 4.13. The highest BCUT2D eigenvalue weighted by atomic mass is 32.2. The van der Waals surface area contributed by atoms with Crippen LogP contribution in [-0.4, -0.2) is 20.7 Å². The lowest BCUT2D eigenvalue weighted by Gasteiger charge is -2.09. The fraction of sp³-hybridized carbons (Fsp3) is 0.583. The predicted molar refractivity (Wildman–Crippen MR) is 76.0 cm³/mol. The van der Waals surface area contributed by atoms with Crippen LogP contribution in [0.15, 0.2) is 16.6 Å². The van der Waals surface area contributed by atoms with E-state index in [0.29, 0.717) is 11.3 Å². The van der Waals surface area contributed by atoms with E-state index >= 15 is 0 Å². The van der Waals surface area contributed by atoms with Gasteiger partial charge in [-0.15, -0.1) is 23.1 Å². The molecule has 0 aromatic carbocycles. The SMILES string of the molecule is CC(C)NCc1c(SC(C)C)nc2sccn12. The average molecular weight is 269 g/mol. The van der Waals surface area contributed by atoms with Gasteiger partial charge in [-0.1, -0.05) is 27.7 Å². The summed E-state index contributed by atoms with van der Waals surface area (Å²) in [5, 5.41) is 7.30. The van der Waals surface area contributed by atoms with Crippen LogP contribution in [0.2, 0.25) is 0 Å². The number of thioether (sulfide) groups is 1. The molecule has 2 aromatic heterocycles. The van der Waals surface area contributed by atoms with Crippen molar-refractivity contribution in [2.45, 2.75) is 50.6 Å². The van der Waals surface area contributed by atoms with Crippen LogP contribution in [-0.2, 0) is 6.54 Å². The first-order valence-electron chi connectivity index (χ1n) is 5.92. The summed E-state index contributed by atoms with van der Waals surface area (Å²) in [5.74, 6) is 0. The number of imidazole rings is 1. The Balaban J connectivity index is 2.29. The van der Waals surface area contributed by atoms with Crippen LogP contribution < -0.4 is 5.32 Å².